The molecule has 0 unspecified atom stereocenters. The van der Waals surface area contributed by atoms with Crippen LogP contribution in [0.5, 0.6) is 11.5 Å². The van der Waals surface area contributed by atoms with E-state index >= 15 is 0 Å². The zero-order valence-corrected chi connectivity index (χ0v) is 9.27. The Labute approximate surface area is 93.7 Å². The summed E-state index contributed by atoms with van der Waals surface area (Å²) in [4.78, 5) is 13.3. The van der Waals surface area contributed by atoms with Gasteiger partial charge in [-0.3, -0.25) is 4.79 Å². The van der Waals surface area contributed by atoms with E-state index in [0.717, 1.165) is 0 Å². The summed E-state index contributed by atoms with van der Waals surface area (Å²) >= 11 is 0. The molecular formula is C11H14N2O3. The number of benzene rings is 1. The third kappa shape index (κ3) is 1.69. The van der Waals surface area contributed by atoms with Crippen molar-refractivity contribution < 1.29 is 14.3 Å². The maximum absolute atomic E-state index is 11.8. The summed E-state index contributed by atoms with van der Waals surface area (Å²) in [5, 5.41) is 0. The van der Waals surface area contributed by atoms with Crippen LogP contribution in [-0.4, -0.2) is 32.7 Å². The molecule has 0 fully saturated rings. The van der Waals surface area contributed by atoms with Crippen molar-refractivity contribution in [1.29, 1.82) is 0 Å². The number of amides is 1. The minimum absolute atomic E-state index is 0.160. The zero-order valence-electron chi connectivity index (χ0n) is 9.27. The van der Waals surface area contributed by atoms with Gasteiger partial charge in [0, 0.05) is 13.1 Å². The molecule has 0 saturated carbocycles. The van der Waals surface area contributed by atoms with Gasteiger partial charge in [-0.15, -0.1) is 0 Å². The maximum atomic E-state index is 11.8. The molecule has 2 rings (SSSR count). The fraction of sp³-hybridized carbons (Fsp3) is 0.364. The number of nitrogens with zero attached hydrogens (tertiary/aromatic N) is 1. The second-order valence-electron chi connectivity index (χ2n) is 3.65. The molecule has 86 valence electrons. The van der Waals surface area contributed by atoms with Crippen LogP contribution in [0.15, 0.2) is 18.2 Å². The Kier molecular flexibility index (Phi) is 2.70. The molecule has 5 heteroatoms. The van der Waals surface area contributed by atoms with E-state index in [4.69, 9.17) is 15.2 Å². The number of rotatable bonds is 1. The van der Waals surface area contributed by atoms with Crippen molar-refractivity contribution in [3.63, 3.8) is 0 Å². The number of anilines is 1. The van der Waals surface area contributed by atoms with Gasteiger partial charge in [0.2, 0.25) is 5.91 Å². The normalized spacial score (nSPS) is 19.8. The van der Waals surface area contributed by atoms with Crippen molar-refractivity contribution in [3.05, 3.63) is 18.2 Å². The van der Waals surface area contributed by atoms with E-state index < -0.39 is 6.04 Å². The lowest BCUT2D eigenvalue weighted by atomic mass is 10.2. The number of fused-ring (bicyclic) bond motifs is 1. The molecule has 1 amide bonds. The topological polar surface area (TPSA) is 64.8 Å². The van der Waals surface area contributed by atoms with E-state index in [1.807, 2.05) is 0 Å². The molecule has 1 aliphatic heterocycles. The number of carbonyl (C=O) groups is 1. The van der Waals surface area contributed by atoms with Crippen LogP contribution in [-0.2, 0) is 4.79 Å². The molecular weight excluding hydrogens is 208 g/mol. The van der Waals surface area contributed by atoms with Gasteiger partial charge in [-0.2, -0.15) is 0 Å². The first-order chi connectivity index (χ1) is 7.63. The SMILES string of the molecule is COc1ccc2c(c1)N(C)C(=O)[C@@H](N)CO2. The van der Waals surface area contributed by atoms with Crippen LogP contribution in [0.25, 0.3) is 0 Å². The van der Waals surface area contributed by atoms with Crippen molar-refractivity contribution >= 4 is 11.6 Å². The van der Waals surface area contributed by atoms with Crippen LogP contribution in [0.1, 0.15) is 0 Å². The molecule has 16 heavy (non-hydrogen) atoms. The quantitative estimate of drug-likeness (QED) is 0.746. The highest BCUT2D eigenvalue weighted by Crippen LogP contribution is 2.33. The van der Waals surface area contributed by atoms with Crippen molar-refractivity contribution in [3.8, 4) is 11.5 Å². The van der Waals surface area contributed by atoms with Crippen molar-refractivity contribution in [2.24, 2.45) is 5.73 Å². The van der Waals surface area contributed by atoms with Gasteiger partial charge in [-0.05, 0) is 12.1 Å². The predicted molar refractivity (Wildman–Crippen MR) is 59.9 cm³/mol. The smallest absolute Gasteiger partial charge is 0.247 e. The number of ether oxygens (including phenoxy) is 2. The monoisotopic (exact) mass is 222 g/mol. The predicted octanol–water partition coefficient (Wildman–Crippen LogP) is 0.378. The van der Waals surface area contributed by atoms with Crippen LogP contribution >= 0.6 is 0 Å². The lowest BCUT2D eigenvalue weighted by Gasteiger charge is -2.18. The lowest BCUT2D eigenvalue weighted by molar-refractivity contribution is -0.119. The van der Waals surface area contributed by atoms with E-state index in [1.165, 1.54) is 4.90 Å². The van der Waals surface area contributed by atoms with Gasteiger partial charge in [0.15, 0.2) is 0 Å². The highest BCUT2D eigenvalue weighted by atomic mass is 16.5. The highest BCUT2D eigenvalue weighted by Gasteiger charge is 2.26. The molecule has 0 saturated heterocycles. The number of methoxy groups -OCH3 is 1. The van der Waals surface area contributed by atoms with Gasteiger partial charge in [0.25, 0.3) is 0 Å². The first kappa shape index (κ1) is 10.8. The van der Waals surface area contributed by atoms with Gasteiger partial charge in [0.05, 0.1) is 12.8 Å². The number of nitrogens with two attached hydrogens (primary N) is 1. The van der Waals surface area contributed by atoms with Gasteiger partial charge < -0.3 is 20.1 Å². The molecule has 1 aliphatic rings. The molecule has 0 spiro atoms. The van der Waals surface area contributed by atoms with Gasteiger partial charge in [0.1, 0.15) is 24.1 Å². The Bertz CT molecular complexity index is 420. The third-order valence-corrected chi connectivity index (χ3v) is 2.59. The van der Waals surface area contributed by atoms with E-state index in [0.29, 0.717) is 17.2 Å². The summed E-state index contributed by atoms with van der Waals surface area (Å²) in [6.07, 6.45) is 0. The molecule has 2 N–H and O–H groups in total. The third-order valence-electron chi connectivity index (χ3n) is 2.59. The molecule has 0 radical (unpaired) electrons. The Morgan fingerprint density at radius 1 is 1.56 bits per heavy atom. The summed E-state index contributed by atoms with van der Waals surface area (Å²) in [6, 6.07) is 4.69. The highest BCUT2D eigenvalue weighted by molar-refractivity contribution is 5.98. The summed E-state index contributed by atoms with van der Waals surface area (Å²) in [5.41, 5.74) is 6.35. The fourth-order valence-electron chi connectivity index (χ4n) is 1.63. The van der Waals surface area contributed by atoms with Gasteiger partial charge in [-0.1, -0.05) is 0 Å². The Balaban J connectivity index is 2.45. The fourth-order valence-corrected chi connectivity index (χ4v) is 1.63. The van der Waals surface area contributed by atoms with E-state index in [2.05, 4.69) is 0 Å². The van der Waals surface area contributed by atoms with Crippen LogP contribution in [0.2, 0.25) is 0 Å². The summed E-state index contributed by atoms with van der Waals surface area (Å²) in [5.74, 6) is 1.16. The second kappa shape index (κ2) is 4.02. The molecule has 0 aliphatic carbocycles. The average molecular weight is 222 g/mol. The Morgan fingerprint density at radius 2 is 2.31 bits per heavy atom. The minimum Gasteiger partial charge on any atom is -0.497 e. The van der Waals surface area contributed by atoms with Crippen LogP contribution in [0.4, 0.5) is 5.69 Å². The number of hydrogen-bond donors (Lipinski definition) is 1. The largest absolute Gasteiger partial charge is 0.497 e. The molecule has 0 bridgehead atoms. The zero-order chi connectivity index (χ0) is 11.7. The molecule has 1 heterocycles. The first-order valence-electron chi connectivity index (χ1n) is 4.97. The first-order valence-corrected chi connectivity index (χ1v) is 4.97. The van der Waals surface area contributed by atoms with E-state index in [-0.39, 0.29) is 12.5 Å². The summed E-state index contributed by atoms with van der Waals surface area (Å²) in [7, 11) is 3.25. The summed E-state index contributed by atoms with van der Waals surface area (Å²) < 4.78 is 10.6. The number of likely N-dealkylation sites (N-methyl/N-ethyl adjacent to an activating group) is 1. The minimum atomic E-state index is -0.622. The van der Waals surface area contributed by atoms with E-state index in [9.17, 15) is 4.79 Å². The van der Waals surface area contributed by atoms with Crippen LogP contribution in [0, 0.1) is 0 Å². The molecule has 5 nitrogen and oxygen atoms in total. The Hall–Kier alpha value is -1.75. The van der Waals surface area contributed by atoms with Crippen molar-refractivity contribution in [1.82, 2.24) is 0 Å². The lowest BCUT2D eigenvalue weighted by Crippen LogP contribution is -2.43. The molecule has 0 aromatic heterocycles. The number of carbonyl (C=O) groups excluding carboxylic acids is 1. The molecule has 1 aromatic rings. The Morgan fingerprint density at radius 3 is 3.00 bits per heavy atom. The molecule has 1 aromatic carbocycles. The average Bonchev–Trinajstić information content (AvgIpc) is 2.42. The summed E-state index contributed by atoms with van der Waals surface area (Å²) in [6.45, 7) is 0.197. The van der Waals surface area contributed by atoms with Gasteiger partial charge >= 0.3 is 0 Å². The number of hydrogen-bond acceptors (Lipinski definition) is 4. The van der Waals surface area contributed by atoms with Crippen LogP contribution in [0.3, 0.4) is 0 Å². The standard InChI is InChI=1S/C11H14N2O3/c1-13-9-5-7(15-2)3-4-10(9)16-6-8(12)11(13)14/h3-5,8H,6,12H2,1-2H3/t8-/m0/s1. The van der Waals surface area contributed by atoms with Gasteiger partial charge in [-0.25, -0.2) is 0 Å². The second-order valence-corrected chi connectivity index (χ2v) is 3.65. The van der Waals surface area contributed by atoms with E-state index in [1.54, 1.807) is 32.4 Å². The van der Waals surface area contributed by atoms with Crippen molar-refractivity contribution in [2.45, 2.75) is 6.04 Å². The maximum Gasteiger partial charge on any atom is 0.247 e. The van der Waals surface area contributed by atoms with Crippen molar-refractivity contribution in [2.75, 3.05) is 25.7 Å². The molecule has 1 atom stereocenters. The van der Waals surface area contributed by atoms with Crippen LogP contribution < -0.4 is 20.1 Å².